The summed E-state index contributed by atoms with van der Waals surface area (Å²) in [4.78, 5) is 19.3. The van der Waals surface area contributed by atoms with Crippen molar-refractivity contribution < 1.29 is 9.53 Å². The van der Waals surface area contributed by atoms with Crippen LogP contribution in [0.2, 0.25) is 0 Å². The van der Waals surface area contributed by atoms with Crippen molar-refractivity contribution in [2.75, 3.05) is 58.2 Å². The van der Waals surface area contributed by atoms with Crippen LogP contribution >= 0.6 is 0 Å². The molecule has 0 spiro atoms. The summed E-state index contributed by atoms with van der Waals surface area (Å²) in [6.07, 6.45) is 0. The summed E-state index contributed by atoms with van der Waals surface area (Å²) in [6, 6.07) is 8.03. The second-order valence-electron chi connectivity index (χ2n) is 6.67. The van der Waals surface area contributed by atoms with Gasteiger partial charge in [0.1, 0.15) is 0 Å². The fourth-order valence-corrected chi connectivity index (χ4v) is 3.46. The van der Waals surface area contributed by atoms with Gasteiger partial charge in [0, 0.05) is 51.5 Å². The van der Waals surface area contributed by atoms with E-state index in [4.69, 9.17) is 10.5 Å². The largest absolute Gasteiger partial charge is 0.399 e. The highest BCUT2D eigenvalue weighted by Crippen LogP contribution is 2.14. The molecule has 0 saturated carbocycles. The zero-order valence-corrected chi connectivity index (χ0v) is 14.5. The number of hydrogen-bond acceptors (Lipinski definition) is 5. The van der Waals surface area contributed by atoms with Crippen LogP contribution in [0.4, 0.5) is 5.69 Å². The van der Waals surface area contributed by atoms with Crippen molar-refractivity contribution >= 4 is 11.6 Å². The summed E-state index contributed by atoms with van der Waals surface area (Å²) in [7, 11) is 0. The van der Waals surface area contributed by atoms with Crippen LogP contribution in [-0.2, 0) is 16.1 Å². The van der Waals surface area contributed by atoms with Crippen LogP contribution < -0.4 is 5.73 Å². The minimum absolute atomic E-state index is 0.0439. The fourth-order valence-electron chi connectivity index (χ4n) is 3.46. The summed E-state index contributed by atoms with van der Waals surface area (Å²) in [5, 5.41) is 0. The molecule has 6 heteroatoms. The van der Waals surface area contributed by atoms with E-state index in [1.54, 1.807) is 0 Å². The molecular formula is C18H28N4O2. The number of nitrogens with two attached hydrogens (primary N) is 1. The Kier molecular flexibility index (Phi) is 5.71. The predicted octanol–water partition coefficient (Wildman–Crippen LogP) is 0.634. The van der Waals surface area contributed by atoms with Crippen LogP contribution in [-0.4, -0.2) is 79.1 Å². The maximum absolute atomic E-state index is 12.6. The SMILES string of the molecule is CC(C(=O)N1CCOCC1)N1CCN(Cc2cccc(N)c2)CC1. The third-order valence-corrected chi connectivity index (χ3v) is 4.99. The van der Waals surface area contributed by atoms with Gasteiger partial charge in [-0.2, -0.15) is 0 Å². The third-order valence-electron chi connectivity index (χ3n) is 4.99. The van der Waals surface area contributed by atoms with Crippen LogP contribution in [0.3, 0.4) is 0 Å². The lowest BCUT2D eigenvalue weighted by Crippen LogP contribution is -2.55. The Hall–Kier alpha value is -1.63. The predicted molar refractivity (Wildman–Crippen MR) is 94.6 cm³/mol. The molecule has 1 aromatic rings. The van der Waals surface area contributed by atoms with Gasteiger partial charge in [-0.25, -0.2) is 0 Å². The Balaban J connectivity index is 1.48. The van der Waals surface area contributed by atoms with Crippen molar-refractivity contribution in [2.45, 2.75) is 19.5 Å². The minimum atomic E-state index is -0.0439. The lowest BCUT2D eigenvalue weighted by molar-refractivity contribution is -0.141. The number of ether oxygens (including phenoxy) is 1. The van der Waals surface area contributed by atoms with Crippen molar-refractivity contribution in [3.63, 3.8) is 0 Å². The molecule has 24 heavy (non-hydrogen) atoms. The molecule has 1 aromatic carbocycles. The molecule has 3 rings (SSSR count). The van der Waals surface area contributed by atoms with Crippen LogP contribution in [0.25, 0.3) is 0 Å². The van der Waals surface area contributed by atoms with E-state index in [0.29, 0.717) is 13.2 Å². The lowest BCUT2D eigenvalue weighted by atomic mass is 10.1. The van der Waals surface area contributed by atoms with Crippen LogP contribution in [0.15, 0.2) is 24.3 Å². The molecule has 2 saturated heterocycles. The van der Waals surface area contributed by atoms with E-state index >= 15 is 0 Å². The van der Waals surface area contributed by atoms with Gasteiger partial charge in [0.2, 0.25) is 5.91 Å². The molecule has 132 valence electrons. The summed E-state index contributed by atoms with van der Waals surface area (Å²) in [5.74, 6) is 0.239. The van der Waals surface area contributed by atoms with Gasteiger partial charge < -0.3 is 15.4 Å². The number of benzene rings is 1. The number of piperazine rings is 1. The summed E-state index contributed by atoms with van der Waals surface area (Å²) >= 11 is 0. The quantitative estimate of drug-likeness (QED) is 0.820. The van der Waals surface area contributed by atoms with E-state index < -0.39 is 0 Å². The summed E-state index contributed by atoms with van der Waals surface area (Å²) in [5.41, 5.74) is 7.92. The first-order valence-corrected chi connectivity index (χ1v) is 8.81. The van der Waals surface area contributed by atoms with Gasteiger partial charge in [-0.05, 0) is 24.6 Å². The first-order valence-electron chi connectivity index (χ1n) is 8.81. The molecule has 0 aliphatic carbocycles. The zero-order valence-electron chi connectivity index (χ0n) is 14.5. The van der Waals surface area contributed by atoms with Crippen molar-refractivity contribution in [2.24, 2.45) is 0 Å². The summed E-state index contributed by atoms with van der Waals surface area (Å²) in [6.45, 7) is 9.54. The zero-order chi connectivity index (χ0) is 16.9. The smallest absolute Gasteiger partial charge is 0.239 e. The number of anilines is 1. The Bertz CT molecular complexity index is 552. The molecule has 2 fully saturated rings. The van der Waals surface area contributed by atoms with Crippen molar-refractivity contribution in [3.8, 4) is 0 Å². The number of morpholine rings is 1. The highest BCUT2D eigenvalue weighted by Gasteiger charge is 2.29. The molecule has 2 N–H and O–H groups in total. The van der Waals surface area contributed by atoms with Crippen LogP contribution in [0.1, 0.15) is 12.5 Å². The topological polar surface area (TPSA) is 62.0 Å². The number of nitrogens with zero attached hydrogens (tertiary/aromatic N) is 3. The standard InChI is InChI=1S/C18H28N4O2/c1-15(18(23)22-9-11-24-12-10-22)21-7-5-20(6-8-21)14-16-3-2-4-17(19)13-16/h2-4,13,15H,5-12,14,19H2,1H3. The van der Waals surface area contributed by atoms with Crippen LogP contribution in [0, 0.1) is 0 Å². The molecule has 2 heterocycles. The Morgan fingerprint density at radius 1 is 1.17 bits per heavy atom. The van der Waals surface area contributed by atoms with Gasteiger partial charge in [0.25, 0.3) is 0 Å². The Morgan fingerprint density at radius 2 is 1.88 bits per heavy atom. The third kappa shape index (κ3) is 4.26. The molecule has 2 aliphatic heterocycles. The van der Waals surface area contributed by atoms with Gasteiger partial charge in [-0.3, -0.25) is 14.6 Å². The van der Waals surface area contributed by atoms with Crippen molar-refractivity contribution in [3.05, 3.63) is 29.8 Å². The normalized spacial score (nSPS) is 21.6. The van der Waals surface area contributed by atoms with Gasteiger partial charge >= 0.3 is 0 Å². The van der Waals surface area contributed by atoms with E-state index in [-0.39, 0.29) is 11.9 Å². The van der Waals surface area contributed by atoms with Gasteiger partial charge in [-0.15, -0.1) is 0 Å². The van der Waals surface area contributed by atoms with Crippen molar-refractivity contribution in [1.29, 1.82) is 0 Å². The number of carbonyl (C=O) groups excluding carboxylic acids is 1. The molecule has 2 aliphatic rings. The van der Waals surface area contributed by atoms with E-state index in [1.807, 2.05) is 30.0 Å². The van der Waals surface area contributed by atoms with E-state index in [1.165, 1.54) is 5.56 Å². The Morgan fingerprint density at radius 3 is 2.54 bits per heavy atom. The van der Waals surface area contributed by atoms with Crippen LogP contribution in [0.5, 0.6) is 0 Å². The van der Waals surface area contributed by atoms with Gasteiger partial charge in [0.15, 0.2) is 0 Å². The monoisotopic (exact) mass is 332 g/mol. The first-order chi connectivity index (χ1) is 11.6. The molecule has 0 radical (unpaired) electrons. The number of hydrogen-bond donors (Lipinski definition) is 1. The molecule has 1 unspecified atom stereocenters. The second kappa shape index (κ2) is 7.96. The average molecular weight is 332 g/mol. The van der Waals surface area contributed by atoms with E-state index in [9.17, 15) is 4.79 Å². The fraction of sp³-hybridized carbons (Fsp3) is 0.611. The van der Waals surface area contributed by atoms with Crippen molar-refractivity contribution in [1.82, 2.24) is 14.7 Å². The summed E-state index contributed by atoms with van der Waals surface area (Å²) < 4.78 is 5.33. The first kappa shape index (κ1) is 17.2. The highest BCUT2D eigenvalue weighted by atomic mass is 16.5. The molecule has 1 amide bonds. The minimum Gasteiger partial charge on any atom is -0.399 e. The maximum atomic E-state index is 12.6. The number of carbonyl (C=O) groups is 1. The molecule has 6 nitrogen and oxygen atoms in total. The van der Waals surface area contributed by atoms with E-state index in [2.05, 4.69) is 15.9 Å². The average Bonchev–Trinajstić information content (AvgIpc) is 2.62. The second-order valence-corrected chi connectivity index (χ2v) is 6.67. The number of amides is 1. The van der Waals surface area contributed by atoms with Gasteiger partial charge in [-0.1, -0.05) is 12.1 Å². The maximum Gasteiger partial charge on any atom is 0.239 e. The Labute approximate surface area is 144 Å². The molecule has 0 bridgehead atoms. The highest BCUT2D eigenvalue weighted by molar-refractivity contribution is 5.81. The molecular weight excluding hydrogens is 304 g/mol. The number of nitrogen functional groups attached to an aromatic ring is 1. The molecule has 1 atom stereocenters. The van der Waals surface area contributed by atoms with Gasteiger partial charge in [0.05, 0.1) is 19.3 Å². The lowest BCUT2D eigenvalue weighted by Gasteiger charge is -2.39. The number of rotatable bonds is 4. The van der Waals surface area contributed by atoms with E-state index in [0.717, 1.165) is 51.5 Å². The molecule has 0 aromatic heterocycles.